The highest BCUT2D eigenvalue weighted by atomic mass is 19.4. The van der Waals surface area contributed by atoms with Crippen LogP contribution in [0.4, 0.5) is 34.8 Å². The largest absolute Gasteiger partial charge is 0.416 e. The van der Waals surface area contributed by atoms with Gasteiger partial charge in [0.1, 0.15) is 23.7 Å². The highest BCUT2D eigenvalue weighted by Gasteiger charge is 2.30. The van der Waals surface area contributed by atoms with E-state index < -0.39 is 23.5 Å². The molecule has 2 N–H and O–H groups in total. The summed E-state index contributed by atoms with van der Waals surface area (Å²) in [5.74, 6) is -0.951. The van der Waals surface area contributed by atoms with Crippen LogP contribution in [0.1, 0.15) is 16.1 Å². The standard InChI is InChI=1S/C18H12F4N4O/c19-13-3-1-2-4-14(13)26-16-9-15(23-10-24-16)17(27)25-12-7-5-11(6-8-12)18(20,21)22/h1-10H,(H,25,27)(H,23,24,26). The zero-order chi connectivity index (χ0) is 19.4. The maximum Gasteiger partial charge on any atom is 0.416 e. The third kappa shape index (κ3) is 4.57. The highest BCUT2D eigenvalue weighted by molar-refractivity contribution is 6.03. The Kier molecular flexibility index (Phi) is 5.02. The van der Waals surface area contributed by atoms with Crippen LogP contribution in [0.2, 0.25) is 0 Å². The van der Waals surface area contributed by atoms with Crippen molar-refractivity contribution >= 4 is 23.1 Å². The van der Waals surface area contributed by atoms with E-state index in [4.69, 9.17) is 0 Å². The van der Waals surface area contributed by atoms with E-state index in [0.717, 1.165) is 30.6 Å². The molecule has 0 spiro atoms. The number of alkyl halides is 3. The van der Waals surface area contributed by atoms with Crippen molar-refractivity contribution in [1.82, 2.24) is 9.97 Å². The van der Waals surface area contributed by atoms with E-state index >= 15 is 0 Å². The predicted octanol–water partition coefficient (Wildman–Crippen LogP) is 4.63. The summed E-state index contributed by atoms with van der Waals surface area (Å²) < 4.78 is 51.4. The van der Waals surface area contributed by atoms with E-state index in [1.165, 1.54) is 24.3 Å². The lowest BCUT2D eigenvalue weighted by Crippen LogP contribution is -2.14. The maximum atomic E-state index is 13.7. The fraction of sp³-hybridized carbons (Fsp3) is 0.0556. The molecule has 5 nitrogen and oxygen atoms in total. The summed E-state index contributed by atoms with van der Waals surface area (Å²) in [5, 5.41) is 5.17. The second-order valence-electron chi connectivity index (χ2n) is 5.42. The fourth-order valence-electron chi connectivity index (χ4n) is 2.19. The third-order valence-corrected chi connectivity index (χ3v) is 3.51. The summed E-state index contributed by atoms with van der Waals surface area (Å²) in [5.41, 5.74) is -0.511. The topological polar surface area (TPSA) is 66.9 Å². The molecule has 0 saturated carbocycles. The summed E-state index contributed by atoms with van der Waals surface area (Å²) in [6.45, 7) is 0. The molecule has 0 atom stereocenters. The average Bonchev–Trinajstić information content (AvgIpc) is 2.63. The Morgan fingerprint density at radius 3 is 2.33 bits per heavy atom. The second-order valence-corrected chi connectivity index (χ2v) is 5.42. The number of rotatable bonds is 4. The Morgan fingerprint density at radius 2 is 1.67 bits per heavy atom. The third-order valence-electron chi connectivity index (χ3n) is 3.51. The molecule has 0 aliphatic rings. The van der Waals surface area contributed by atoms with Gasteiger partial charge in [0.25, 0.3) is 5.91 Å². The molecule has 0 radical (unpaired) electrons. The van der Waals surface area contributed by atoms with Crippen molar-refractivity contribution in [2.75, 3.05) is 10.6 Å². The molecule has 0 aliphatic carbocycles. The predicted molar refractivity (Wildman–Crippen MR) is 91.1 cm³/mol. The van der Waals surface area contributed by atoms with Crippen LogP contribution < -0.4 is 10.6 Å². The Bertz CT molecular complexity index is 958. The zero-order valence-electron chi connectivity index (χ0n) is 13.6. The molecule has 0 unspecified atom stereocenters. The van der Waals surface area contributed by atoms with Crippen molar-refractivity contribution in [3.8, 4) is 0 Å². The fourth-order valence-corrected chi connectivity index (χ4v) is 2.19. The van der Waals surface area contributed by atoms with Gasteiger partial charge in [0.2, 0.25) is 0 Å². The zero-order valence-corrected chi connectivity index (χ0v) is 13.6. The van der Waals surface area contributed by atoms with E-state index in [1.807, 2.05) is 0 Å². The maximum absolute atomic E-state index is 13.7. The first kappa shape index (κ1) is 18.3. The van der Waals surface area contributed by atoms with E-state index in [9.17, 15) is 22.4 Å². The number of hydrogen-bond donors (Lipinski definition) is 2. The van der Waals surface area contributed by atoms with Crippen LogP contribution in [-0.4, -0.2) is 15.9 Å². The van der Waals surface area contributed by atoms with Crippen molar-refractivity contribution in [2.45, 2.75) is 6.18 Å². The van der Waals surface area contributed by atoms with Gasteiger partial charge in [0.05, 0.1) is 11.3 Å². The number of amides is 1. The molecule has 1 amide bonds. The summed E-state index contributed by atoms with van der Waals surface area (Å²) in [6, 6.07) is 11.2. The number of anilines is 3. The molecule has 0 saturated heterocycles. The molecule has 27 heavy (non-hydrogen) atoms. The van der Waals surface area contributed by atoms with E-state index in [0.29, 0.717) is 0 Å². The summed E-state index contributed by atoms with van der Waals surface area (Å²) in [7, 11) is 0. The van der Waals surface area contributed by atoms with Gasteiger partial charge in [-0.3, -0.25) is 4.79 Å². The van der Waals surface area contributed by atoms with Crippen molar-refractivity contribution in [1.29, 1.82) is 0 Å². The molecule has 3 aromatic rings. The molecule has 2 aromatic carbocycles. The Hall–Kier alpha value is -3.49. The second kappa shape index (κ2) is 7.40. The van der Waals surface area contributed by atoms with Gasteiger partial charge < -0.3 is 10.6 Å². The number of nitrogens with one attached hydrogen (secondary N) is 2. The molecule has 138 valence electrons. The smallest absolute Gasteiger partial charge is 0.338 e. The molecule has 0 aliphatic heterocycles. The number of benzene rings is 2. The molecule has 9 heteroatoms. The lowest BCUT2D eigenvalue weighted by molar-refractivity contribution is -0.137. The molecule has 0 fully saturated rings. The van der Waals surface area contributed by atoms with Crippen LogP contribution in [0.15, 0.2) is 60.9 Å². The number of hydrogen-bond acceptors (Lipinski definition) is 4. The molecule has 1 aromatic heterocycles. The Labute approximate surface area is 151 Å². The molecular weight excluding hydrogens is 364 g/mol. The Morgan fingerprint density at radius 1 is 0.963 bits per heavy atom. The van der Waals surface area contributed by atoms with Crippen LogP contribution in [0.3, 0.4) is 0 Å². The van der Waals surface area contributed by atoms with Gasteiger partial charge in [-0.25, -0.2) is 14.4 Å². The number of nitrogens with zero attached hydrogens (tertiary/aromatic N) is 2. The molecule has 3 rings (SSSR count). The van der Waals surface area contributed by atoms with E-state index in [2.05, 4.69) is 20.6 Å². The summed E-state index contributed by atoms with van der Waals surface area (Å²) in [4.78, 5) is 20.0. The van der Waals surface area contributed by atoms with Crippen LogP contribution in [0, 0.1) is 5.82 Å². The SMILES string of the molecule is O=C(Nc1ccc(C(F)(F)F)cc1)c1cc(Nc2ccccc2F)ncn1. The van der Waals surface area contributed by atoms with E-state index in [1.54, 1.807) is 6.07 Å². The van der Waals surface area contributed by atoms with Crippen LogP contribution in [0.5, 0.6) is 0 Å². The monoisotopic (exact) mass is 376 g/mol. The van der Waals surface area contributed by atoms with Gasteiger partial charge in [0.15, 0.2) is 0 Å². The minimum absolute atomic E-state index is 0.0382. The first-order valence-electron chi connectivity index (χ1n) is 7.65. The number of aromatic nitrogens is 2. The van der Waals surface area contributed by atoms with Crippen LogP contribution in [-0.2, 0) is 6.18 Å². The van der Waals surface area contributed by atoms with Crippen LogP contribution >= 0.6 is 0 Å². The van der Waals surface area contributed by atoms with Crippen molar-refractivity contribution in [3.05, 3.63) is 78.0 Å². The van der Waals surface area contributed by atoms with Crippen molar-refractivity contribution < 1.29 is 22.4 Å². The normalized spacial score (nSPS) is 11.1. The average molecular weight is 376 g/mol. The van der Waals surface area contributed by atoms with E-state index in [-0.39, 0.29) is 22.9 Å². The Balaban J connectivity index is 1.73. The number of carbonyl (C=O) groups excluding carboxylic acids is 1. The molecular formula is C18H12F4N4O. The van der Waals surface area contributed by atoms with Gasteiger partial charge in [0, 0.05) is 11.8 Å². The van der Waals surface area contributed by atoms with Crippen LogP contribution in [0.25, 0.3) is 0 Å². The summed E-state index contributed by atoms with van der Waals surface area (Å²) in [6.07, 6.45) is -3.34. The van der Waals surface area contributed by atoms with Crippen molar-refractivity contribution in [3.63, 3.8) is 0 Å². The van der Waals surface area contributed by atoms with Gasteiger partial charge >= 0.3 is 6.18 Å². The molecule has 1 heterocycles. The quantitative estimate of drug-likeness (QED) is 0.652. The summed E-state index contributed by atoms with van der Waals surface area (Å²) >= 11 is 0. The number of carbonyl (C=O) groups is 1. The molecule has 0 bridgehead atoms. The first-order chi connectivity index (χ1) is 12.8. The van der Waals surface area contributed by atoms with Gasteiger partial charge in [-0.1, -0.05) is 12.1 Å². The first-order valence-corrected chi connectivity index (χ1v) is 7.65. The van der Waals surface area contributed by atoms with Gasteiger partial charge in [-0.05, 0) is 36.4 Å². The van der Waals surface area contributed by atoms with Gasteiger partial charge in [-0.15, -0.1) is 0 Å². The number of para-hydroxylation sites is 1. The lowest BCUT2D eigenvalue weighted by Gasteiger charge is -2.10. The minimum Gasteiger partial charge on any atom is -0.338 e. The highest BCUT2D eigenvalue weighted by Crippen LogP contribution is 2.29. The van der Waals surface area contributed by atoms with Gasteiger partial charge in [-0.2, -0.15) is 13.2 Å². The number of halogens is 4. The van der Waals surface area contributed by atoms with Crippen molar-refractivity contribution in [2.24, 2.45) is 0 Å². The minimum atomic E-state index is -4.46. The lowest BCUT2D eigenvalue weighted by atomic mass is 10.2.